The van der Waals surface area contributed by atoms with Gasteiger partial charge in [-0.25, -0.2) is 0 Å². The van der Waals surface area contributed by atoms with Crippen LogP contribution in [0.15, 0.2) is 48.5 Å². The average Bonchev–Trinajstić information content (AvgIpc) is 2.91. The molecule has 4 rings (SSSR count). The number of nitrogens with zero attached hydrogens (tertiary/aromatic N) is 1. The highest BCUT2D eigenvalue weighted by Gasteiger charge is 2.18. The summed E-state index contributed by atoms with van der Waals surface area (Å²) >= 11 is 0. The van der Waals surface area contributed by atoms with Gasteiger partial charge >= 0.3 is 0 Å². The smallest absolute Gasteiger partial charge is 0.0574 e. The highest BCUT2D eigenvalue weighted by atomic mass is 15.0. The van der Waals surface area contributed by atoms with Crippen LogP contribution >= 0.6 is 0 Å². The number of rotatable bonds is 4. The van der Waals surface area contributed by atoms with Crippen LogP contribution < -0.4 is 11.1 Å². The second kappa shape index (κ2) is 5.99. The third kappa shape index (κ3) is 2.56. The van der Waals surface area contributed by atoms with Gasteiger partial charge < -0.3 is 15.6 Å². The largest absolute Gasteiger partial charge is 0.397 e. The molecule has 2 heterocycles. The molecular weight excluding hydrogens is 282 g/mol. The summed E-state index contributed by atoms with van der Waals surface area (Å²) in [6.45, 7) is 2.07. The number of benzene rings is 2. The number of nitrogens with one attached hydrogen (secondary N) is 1. The topological polar surface area (TPSA) is 43.0 Å². The van der Waals surface area contributed by atoms with Gasteiger partial charge in [0.05, 0.1) is 11.4 Å². The third-order valence-corrected chi connectivity index (χ3v) is 4.89. The van der Waals surface area contributed by atoms with E-state index in [2.05, 4.69) is 34.1 Å². The molecule has 23 heavy (non-hydrogen) atoms. The van der Waals surface area contributed by atoms with Gasteiger partial charge in [0.25, 0.3) is 0 Å². The van der Waals surface area contributed by atoms with E-state index < -0.39 is 0 Å². The highest BCUT2D eigenvalue weighted by molar-refractivity contribution is 5.86. The van der Waals surface area contributed by atoms with Gasteiger partial charge in [-0.1, -0.05) is 30.3 Å². The lowest BCUT2D eigenvalue weighted by Gasteiger charge is -2.17. The Bertz CT molecular complexity index is 832. The van der Waals surface area contributed by atoms with E-state index in [9.17, 15) is 0 Å². The maximum Gasteiger partial charge on any atom is 0.0574 e. The van der Waals surface area contributed by atoms with E-state index in [1.807, 2.05) is 24.3 Å². The van der Waals surface area contributed by atoms with Crippen LogP contribution in [-0.4, -0.2) is 11.1 Å². The Morgan fingerprint density at radius 1 is 1.00 bits per heavy atom. The molecule has 0 fully saturated rings. The Balaban J connectivity index is 1.60. The van der Waals surface area contributed by atoms with Crippen LogP contribution in [-0.2, 0) is 19.4 Å². The van der Waals surface area contributed by atoms with Gasteiger partial charge in [0.15, 0.2) is 0 Å². The summed E-state index contributed by atoms with van der Waals surface area (Å²) in [5.41, 5.74) is 12.3. The molecular formula is C20H23N3. The molecule has 0 amide bonds. The Hall–Kier alpha value is -2.42. The van der Waals surface area contributed by atoms with E-state index in [1.165, 1.54) is 35.7 Å². The summed E-state index contributed by atoms with van der Waals surface area (Å²) in [7, 11) is 0. The van der Waals surface area contributed by atoms with Crippen LogP contribution in [0, 0.1) is 0 Å². The minimum atomic E-state index is 0.816. The number of aromatic nitrogens is 1. The van der Waals surface area contributed by atoms with Crippen molar-refractivity contribution in [2.24, 2.45) is 0 Å². The number of hydrogen-bond acceptors (Lipinski definition) is 2. The van der Waals surface area contributed by atoms with Gasteiger partial charge in [0.2, 0.25) is 0 Å². The Morgan fingerprint density at radius 2 is 1.83 bits per heavy atom. The van der Waals surface area contributed by atoms with E-state index in [1.54, 1.807) is 5.69 Å². The second-order valence-electron chi connectivity index (χ2n) is 6.32. The summed E-state index contributed by atoms with van der Waals surface area (Å²) in [5.74, 6) is 0. The van der Waals surface area contributed by atoms with Crippen molar-refractivity contribution >= 4 is 22.3 Å². The highest BCUT2D eigenvalue weighted by Crippen LogP contribution is 2.31. The standard InChI is InChI=1S/C20H23N3/c21-17-8-2-3-9-18(17)22-13-12-16-15-7-1-4-10-19(15)23-14-6-5-11-20(16)23/h1-4,7-10,22H,5-6,11-14,21H2. The van der Waals surface area contributed by atoms with Gasteiger partial charge in [-0.3, -0.25) is 0 Å². The molecule has 1 aliphatic heterocycles. The molecule has 0 bridgehead atoms. The molecule has 1 aliphatic rings. The van der Waals surface area contributed by atoms with E-state index in [4.69, 9.17) is 5.73 Å². The van der Waals surface area contributed by atoms with Crippen LogP contribution in [0.3, 0.4) is 0 Å². The number of nitrogens with two attached hydrogens (primary N) is 1. The van der Waals surface area contributed by atoms with Crippen LogP contribution in [0.2, 0.25) is 0 Å². The Kier molecular flexibility index (Phi) is 3.70. The summed E-state index contributed by atoms with van der Waals surface area (Å²) in [6, 6.07) is 16.8. The molecule has 0 saturated heterocycles. The molecule has 0 saturated carbocycles. The normalized spacial score (nSPS) is 13.9. The fourth-order valence-corrected chi connectivity index (χ4v) is 3.79. The summed E-state index contributed by atoms with van der Waals surface area (Å²) in [6.07, 6.45) is 4.85. The second-order valence-corrected chi connectivity index (χ2v) is 6.32. The molecule has 118 valence electrons. The molecule has 3 nitrogen and oxygen atoms in total. The van der Waals surface area contributed by atoms with Crippen LogP contribution in [0.25, 0.3) is 10.9 Å². The fourth-order valence-electron chi connectivity index (χ4n) is 3.79. The molecule has 3 N–H and O–H groups in total. The molecule has 0 unspecified atom stereocenters. The number of fused-ring (bicyclic) bond motifs is 3. The molecule has 0 spiro atoms. The predicted octanol–water partition coefficient (Wildman–Crippen LogP) is 4.21. The van der Waals surface area contributed by atoms with Crippen molar-refractivity contribution in [3.8, 4) is 0 Å². The molecule has 0 radical (unpaired) electrons. The van der Waals surface area contributed by atoms with Crippen molar-refractivity contribution in [1.29, 1.82) is 0 Å². The molecule has 1 aromatic heterocycles. The third-order valence-electron chi connectivity index (χ3n) is 4.89. The average molecular weight is 305 g/mol. The minimum Gasteiger partial charge on any atom is -0.397 e. The van der Waals surface area contributed by atoms with Crippen molar-refractivity contribution in [3.05, 3.63) is 59.8 Å². The van der Waals surface area contributed by atoms with Crippen LogP contribution in [0.1, 0.15) is 24.1 Å². The van der Waals surface area contributed by atoms with Crippen molar-refractivity contribution in [2.45, 2.75) is 32.2 Å². The van der Waals surface area contributed by atoms with Crippen LogP contribution in [0.4, 0.5) is 11.4 Å². The molecule has 3 aromatic rings. The zero-order chi connectivity index (χ0) is 15.6. The first-order valence-corrected chi connectivity index (χ1v) is 8.52. The van der Waals surface area contributed by atoms with Crippen molar-refractivity contribution < 1.29 is 0 Å². The van der Waals surface area contributed by atoms with E-state index in [0.717, 1.165) is 30.9 Å². The van der Waals surface area contributed by atoms with Gasteiger partial charge in [-0.2, -0.15) is 0 Å². The number of anilines is 2. The van der Waals surface area contributed by atoms with Gasteiger partial charge in [-0.15, -0.1) is 0 Å². The first-order valence-electron chi connectivity index (χ1n) is 8.52. The number of nitrogen functional groups attached to an aromatic ring is 1. The quantitative estimate of drug-likeness (QED) is 0.709. The van der Waals surface area contributed by atoms with Gasteiger partial charge in [0.1, 0.15) is 0 Å². The number of hydrogen-bond donors (Lipinski definition) is 2. The maximum atomic E-state index is 6.01. The van der Waals surface area contributed by atoms with Crippen molar-refractivity contribution in [2.75, 3.05) is 17.6 Å². The Morgan fingerprint density at radius 3 is 2.74 bits per heavy atom. The zero-order valence-corrected chi connectivity index (χ0v) is 13.4. The van der Waals surface area contributed by atoms with E-state index in [-0.39, 0.29) is 0 Å². The van der Waals surface area contributed by atoms with Gasteiger partial charge in [0, 0.05) is 29.7 Å². The van der Waals surface area contributed by atoms with Crippen LogP contribution in [0.5, 0.6) is 0 Å². The lowest BCUT2D eigenvalue weighted by Crippen LogP contribution is -2.12. The Labute approximate surface area is 137 Å². The van der Waals surface area contributed by atoms with E-state index in [0.29, 0.717) is 0 Å². The molecule has 3 heteroatoms. The molecule has 0 atom stereocenters. The first kappa shape index (κ1) is 14.2. The van der Waals surface area contributed by atoms with Crippen molar-refractivity contribution in [3.63, 3.8) is 0 Å². The predicted molar refractivity (Wildman–Crippen MR) is 97.9 cm³/mol. The number of para-hydroxylation sites is 3. The first-order chi connectivity index (χ1) is 11.3. The zero-order valence-electron chi connectivity index (χ0n) is 13.4. The van der Waals surface area contributed by atoms with Gasteiger partial charge in [-0.05, 0) is 49.4 Å². The molecule has 2 aromatic carbocycles. The SMILES string of the molecule is Nc1ccccc1NCCc1c2n(c3ccccc13)CCCC2. The van der Waals surface area contributed by atoms with Crippen molar-refractivity contribution in [1.82, 2.24) is 4.57 Å². The summed E-state index contributed by atoms with van der Waals surface area (Å²) in [4.78, 5) is 0. The number of aryl methyl sites for hydroxylation is 1. The lowest BCUT2D eigenvalue weighted by molar-refractivity contribution is 0.541. The minimum absolute atomic E-state index is 0.816. The monoisotopic (exact) mass is 305 g/mol. The summed E-state index contributed by atoms with van der Waals surface area (Å²) < 4.78 is 2.53. The lowest BCUT2D eigenvalue weighted by atomic mass is 10.0. The fraction of sp³-hybridized carbons (Fsp3) is 0.300. The summed E-state index contributed by atoms with van der Waals surface area (Å²) in [5, 5.41) is 4.91. The van der Waals surface area contributed by atoms with E-state index >= 15 is 0 Å². The molecule has 0 aliphatic carbocycles. The maximum absolute atomic E-state index is 6.01.